The number of aliphatic hydroxyl groups excluding tert-OH is 1. The zero-order valence-corrected chi connectivity index (χ0v) is 15.2. The van der Waals surface area contributed by atoms with Gasteiger partial charge in [-0.1, -0.05) is 13.8 Å². The number of carbonyl (C=O) groups is 1. The number of carbonyl (C=O) groups excluding carboxylic acids is 1. The van der Waals surface area contributed by atoms with Crippen molar-refractivity contribution in [1.29, 1.82) is 0 Å². The number of amides is 1. The highest BCUT2D eigenvalue weighted by molar-refractivity contribution is 6.03. The molecule has 0 radical (unpaired) electrons. The number of nitrogens with zero attached hydrogens (tertiary/aromatic N) is 1. The number of benzene rings is 1. The van der Waals surface area contributed by atoms with Crippen LogP contribution in [0.15, 0.2) is 41.0 Å². The molecule has 0 bridgehead atoms. The summed E-state index contributed by atoms with van der Waals surface area (Å²) in [4.78, 5) is 14.2. The van der Waals surface area contributed by atoms with Crippen LogP contribution in [0.4, 0.5) is 5.69 Å². The molecule has 0 fully saturated rings. The van der Waals surface area contributed by atoms with Gasteiger partial charge in [0.15, 0.2) is 5.76 Å². The quantitative estimate of drug-likeness (QED) is 0.769. The van der Waals surface area contributed by atoms with Crippen LogP contribution in [0.5, 0.6) is 5.75 Å². The minimum absolute atomic E-state index is 0.212. The Kier molecular flexibility index (Phi) is 6.61. The third kappa shape index (κ3) is 5.62. The molecule has 1 atom stereocenters. The van der Waals surface area contributed by atoms with Gasteiger partial charge in [0.25, 0.3) is 5.91 Å². The van der Waals surface area contributed by atoms with Crippen molar-refractivity contribution in [2.45, 2.75) is 25.9 Å². The lowest BCUT2D eigenvalue weighted by molar-refractivity contribution is 0.0831. The highest BCUT2D eigenvalue weighted by atomic mass is 16.5. The standard InChI is InChI=1S/C19H26N2O4/c1-13(2)17-9-10-24-18(17)19(23)20-14-5-7-16(8-6-14)25-12-15(22)11-21(3)4/h5-10,13,15,22H,11-12H2,1-4H3,(H,20,23). The monoisotopic (exact) mass is 346 g/mol. The molecule has 0 aliphatic heterocycles. The van der Waals surface area contributed by atoms with E-state index in [4.69, 9.17) is 9.15 Å². The molecule has 2 rings (SSSR count). The van der Waals surface area contributed by atoms with Crippen LogP contribution in [0.2, 0.25) is 0 Å². The third-order valence-electron chi connectivity index (χ3n) is 3.65. The highest BCUT2D eigenvalue weighted by Crippen LogP contribution is 2.22. The van der Waals surface area contributed by atoms with Gasteiger partial charge in [-0.05, 0) is 50.3 Å². The zero-order valence-electron chi connectivity index (χ0n) is 15.2. The number of likely N-dealkylation sites (N-methyl/N-ethyl adjacent to an activating group) is 1. The number of anilines is 1. The molecule has 1 aromatic carbocycles. The van der Waals surface area contributed by atoms with Crippen molar-refractivity contribution in [3.05, 3.63) is 47.9 Å². The minimum atomic E-state index is -0.553. The summed E-state index contributed by atoms with van der Waals surface area (Å²) < 4.78 is 10.9. The highest BCUT2D eigenvalue weighted by Gasteiger charge is 2.17. The molecular formula is C19H26N2O4. The van der Waals surface area contributed by atoms with Crippen LogP contribution in [0.3, 0.4) is 0 Å². The fourth-order valence-corrected chi connectivity index (χ4v) is 2.45. The van der Waals surface area contributed by atoms with Gasteiger partial charge in [-0.2, -0.15) is 0 Å². The summed E-state index contributed by atoms with van der Waals surface area (Å²) in [6.07, 6.45) is 0.975. The van der Waals surface area contributed by atoms with Crippen molar-refractivity contribution in [2.24, 2.45) is 0 Å². The van der Waals surface area contributed by atoms with Gasteiger partial charge >= 0.3 is 0 Å². The van der Waals surface area contributed by atoms with Gasteiger partial charge in [0, 0.05) is 17.8 Å². The Hall–Kier alpha value is -2.31. The first kappa shape index (κ1) is 19.0. The topological polar surface area (TPSA) is 74.9 Å². The number of aliphatic hydroxyl groups is 1. The number of hydrogen-bond acceptors (Lipinski definition) is 5. The zero-order chi connectivity index (χ0) is 18.4. The number of furan rings is 1. The fourth-order valence-electron chi connectivity index (χ4n) is 2.45. The van der Waals surface area contributed by atoms with Crippen LogP contribution >= 0.6 is 0 Å². The molecule has 0 spiro atoms. The number of hydrogen-bond donors (Lipinski definition) is 2. The summed E-state index contributed by atoms with van der Waals surface area (Å²) in [5.74, 6) is 0.909. The SMILES string of the molecule is CC(C)c1ccoc1C(=O)Nc1ccc(OCC(O)CN(C)C)cc1. The van der Waals surface area contributed by atoms with Gasteiger partial charge in [0.2, 0.25) is 0 Å². The Balaban J connectivity index is 1.91. The van der Waals surface area contributed by atoms with E-state index in [2.05, 4.69) is 5.32 Å². The Morgan fingerprint density at radius 1 is 1.24 bits per heavy atom. The molecule has 0 aliphatic carbocycles. The van der Waals surface area contributed by atoms with Crippen LogP contribution < -0.4 is 10.1 Å². The average molecular weight is 346 g/mol. The lowest BCUT2D eigenvalue weighted by Gasteiger charge is -2.16. The van der Waals surface area contributed by atoms with E-state index < -0.39 is 6.10 Å². The number of rotatable bonds is 8. The van der Waals surface area contributed by atoms with Gasteiger partial charge in [-0.15, -0.1) is 0 Å². The first-order chi connectivity index (χ1) is 11.9. The fraction of sp³-hybridized carbons (Fsp3) is 0.421. The maximum Gasteiger partial charge on any atom is 0.291 e. The van der Waals surface area contributed by atoms with Crippen molar-refractivity contribution < 1.29 is 19.1 Å². The van der Waals surface area contributed by atoms with Crippen LogP contribution in [-0.2, 0) is 0 Å². The second kappa shape index (κ2) is 8.69. The second-order valence-electron chi connectivity index (χ2n) is 6.57. The molecule has 136 valence electrons. The summed E-state index contributed by atoms with van der Waals surface area (Å²) >= 11 is 0. The largest absolute Gasteiger partial charge is 0.491 e. The van der Waals surface area contributed by atoms with E-state index in [1.165, 1.54) is 6.26 Å². The van der Waals surface area contributed by atoms with Gasteiger partial charge in [0.1, 0.15) is 18.5 Å². The summed E-state index contributed by atoms with van der Waals surface area (Å²) in [5, 5.41) is 12.6. The molecule has 6 nitrogen and oxygen atoms in total. The van der Waals surface area contributed by atoms with Crippen molar-refractivity contribution >= 4 is 11.6 Å². The van der Waals surface area contributed by atoms with Gasteiger partial charge in [0.05, 0.1) is 6.26 Å². The molecule has 0 saturated heterocycles. The summed E-state index contributed by atoms with van der Waals surface area (Å²) in [5.41, 5.74) is 1.53. The van der Waals surface area contributed by atoms with Crippen LogP contribution in [-0.4, -0.2) is 49.3 Å². The molecule has 2 aromatic rings. The van der Waals surface area contributed by atoms with E-state index in [0.717, 1.165) is 5.56 Å². The Morgan fingerprint density at radius 3 is 2.52 bits per heavy atom. The molecule has 1 unspecified atom stereocenters. The molecule has 1 heterocycles. The van der Waals surface area contributed by atoms with Crippen LogP contribution in [0, 0.1) is 0 Å². The number of nitrogens with one attached hydrogen (secondary N) is 1. The molecule has 6 heteroatoms. The average Bonchev–Trinajstić information content (AvgIpc) is 3.03. The van der Waals surface area contributed by atoms with Crippen LogP contribution in [0.1, 0.15) is 35.9 Å². The van der Waals surface area contributed by atoms with Gasteiger partial charge < -0.3 is 24.5 Å². The van der Waals surface area contributed by atoms with Crippen molar-refractivity contribution in [1.82, 2.24) is 4.90 Å². The maximum atomic E-state index is 12.3. The summed E-state index contributed by atoms with van der Waals surface area (Å²) in [7, 11) is 3.79. The minimum Gasteiger partial charge on any atom is -0.491 e. The smallest absolute Gasteiger partial charge is 0.291 e. The van der Waals surface area contributed by atoms with Gasteiger partial charge in [-0.25, -0.2) is 0 Å². The molecule has 2 N–H and O–H groups in total. The molecule has 25 heavy (non-hydrogen) atoms. The van der Waals surface area contributed by atoms with Crippen LogP contribution in [0.25, 0.3) is 0 Å². The molecular weight excluding hydrogens is 320 g/mol. The Bertz CT molecular complexity index is 677. The van der Waals surface area contributed by atoms with E-state index in [1.807, 2.05) is 38.9 Å². The summed E-state index contributed by atoms with van der Waals surface area (Å²) in [6, 6.07) is 8.83. The summed E-state index contributed by atoms with van der Waals surface area (Å²) in [6.45, 7) is 4.78. The van der Waals surface area contributed by atoms with E-state index in [0.29, 0.717) is 23.7 Å². The van der Waals surface area contributed by atoms with Crippen molar-refractivity contribution in [3.63, 3.8) is 0 Å². The third-order valence-corrected chi connectivity index (χ3v) is 3.65. The number of ether oxygens (including phenoxy) is 1. The van der Waals surface area contributed by atoms with E-state index in [9.17, 15) is 9.90 Å². The predicted molar refractivity (Wildman–Crippen MR) is 97.2 cm³/mol. The van der Waals surface area contributed by atoms with Crippen molar-refractivity contribution in [2.75, 3.05) is 32.6 Å². The van der Waals surface area contributed by atoms with E-state index in [-0.39, 0.29) is 18.4 Å². The lowest BCUT2D eigenvalue weighted by Crippen LogP contribution is -2.30. The normalized spacial score (nSPS) is 12.4. The molecule has 0 saturated carbocycles. The van der Waals surface area contributed by atoms with Crippen molar-refractivity contribution in [3.8, 4) is 5.75 Å². The first-order valence-electron chi connectivity index (χ1n) is 8.31. The maximum absolute atomic E-state index is 12.3. The predicted octanol–water partition coefficient (Wildman–Crippen LogP) is 2.96. The Labute approximate surface area is 148 Å². The molecule has 1 amide bonds. The van der Waals surface area contributed by atoms with E-state index >= 15 is 0 Å². The van der Waals surface area contributed by atoms with Gasteiger partial charge in [-0.3, -0.25) is 4.79 Å². The molecule has 1 aromatic heterocycles. The first-order valence-corrected chi connectivity index (χ1v) is 8.31. The Morgan fingerprint density at radius 2 is 1.92 bits per heavy atom. The lowest BCUT2D eigenvalue weighted by atomic mass is 10.0. The second-order valence-corrected chi connectivity index (χ2v) is 6.57. The van der Waals surface area contributed by atoms with E-state index in [1.54, 1.807) is 24.3 Å². The molecule has 0 aliphatic rings.